The summed E-state index contributed by atoms with van der Waals surface area (Å²) in [7, 11) is 0. The third kappa shape index (κ3) is 2.87. The van der Waals surface area contributed by atoms with Crippen molar-refractivity contribution in [3.05, 3.63) is 47.8 Å². The molecule has 0 aromatic heterocycles. The Bertz CT molecular complexity index is 538. The van der Waals surface area contributed by atoms with E-state index in [1.807, 2.05) is 0 Å². The van der Waals surface area contributed by atoms with Gasteiger partial charge in [0.05, 0.1) is 6.61 Å². The molecule has 0 aliphatic rings. The van der Waals surface area contributed by atoms with Gasteiger partial charge in [-0.1, -0.05) is 23.8 Å². The molecule has 1 unspecified atom stereocenters. The van der Waals surface area contributed by atoms with Crippen molar-refractivity contribution in [3.8, 4) is 0 Å². The number of carbonyl (C=O) groups excluding carboxylic acids is 1. The minimum absolute atomic E-state index is 0.0124. The highest BCUT2D eigenvalue weighted by molar-refractivity contribution is 6.06. The normalized spacial score (nSPS) is 13.3. The molecular weight excluding hydrogens is 263 g/mol. The zero-order valence-corrected chi connectivity index (χ0v) is 11.5. The highest BCUT2D eigenvalue weighted by atomic mass is 19.1. The monoisotopic (exact) mass is 280 g/mol. The number of allylic oxidation sites excluding steroid dienone is 1. The van der Waals surface area contributed by atoms with Gasteiger partial charge in [-0.15, -0.1) is 6.58 Å². The maximum atomic E-state index is 14.0. The van der Waals surface area contributed by atoms with E-state index in [1.165, 1.54) is 18.2 Å². The van der Waals surface area contributed by atoms with Crippen LogP contribution in [0.5, 0.6) is 0 Å². The first-order valence-electron chi connectivity index (χ1n) is 6.16. The number of aliphatic carboxylic acids is 1. The van der Waals surface area contributed by atoms with Gasteiger partial charge >= 0.3 is 11.9 Å². The summed E-state index contributed by atoms with van der Waals surface area (Å²) in [5.41, 5.74) is -1.87. The maximum Gasteiger partial charge on any atom is 0.328 e. The van der Waals surface area contributed by atoms with Crippen molar-refractivity contribution >= 4 is 11.9 Å². The zero-order valence-electron chi connectivity index (χ0n) is 11.5. The van der Waals surface area contributed by atoms with Crippen LogP contribution in [0.25, 0.3) is 0 Å². The van der Waals surface area contributed by atoms with Crippen LogP contribution >= 0.6 is 0 Å². The highest BCUT2D eigenvalue weighted by Crippen LogP contribution is 2.34. The number of carboxylic acids is 1. The number of hydrogen-bond acceptors (Lipinski definition) is 3. The third-order valence-electron chi connectivity index (χ3n) is 2.89. The lowest BCUT2D eigenvalue weighted by Gasteiger charge is -2.28. The first kappa shape index (κ1) is 15.9. The van der Waals surface area contributed by atoms with Gasteiger partial charge in [0.25, 0.3) is 0 Å². The first-order valence-corrected chi connectivity index (χ1v) is 6.16. The fraction of sp³-hybridized carbons (Fsp3) is 0.333. The Morgan fingerprint density at radius 1 is 1.40 bits per heavy atom. The van der Waals surface area contributed by atoms with Gasteiger partial charge in [0.15, 0.2) is 5.41 Å². The van der Waals surface area contributed by atoms with Crippen LogP contribution in [-0.4, -0.2) is 23.7 Å². The molecule has 0 spiro atoms. The fourth-order valence-corrected chi connectivity index (χ4v) is 2.07. The second-order valence-corrected chi connectivity index (χ2v) is 4.54. The summed E-state index contributed by atoms with van der Waals surface area (Å²) in [6.45, 7) is 6.78. The Labute approximate surface area is 116 Å². The van der Waals surface area contributed by atoms with Gasteiger partial charge in [0.1, 0.15) is 5.82 Å². The standard InChI is InChI=1S/C15H17FO4/c1-4-20-14(19)15(13(17)18,9-10(2)3)11-7-5-6-8-12(11)16/h5-8H,2,4,9H2,1,3H3,(H,17,18). The highest BCUT2D eigenvalue weighted by Gasteiger charge is 2.50. The van der Waals surface area contributed by atoms with Crippen LogP contribution in [0.4, 0.5) is 4.39 Å². The molecule has 1 rings (SSSR count). The first-order chi connectivity index (χ1) is 9.36. The van der Waals surface area contributed by atoms with E-state index >= 15 is 0 Å². The van der Waals surface area contributed by atoms with E-state index < -0.39 is 23.2 Å². The lowest BCUT2D eigenvalue weighted by Crippen LogP contribution is -2.46. The lowest BCUT2D eigenvalue weighted by molar-refractivity contribution is -0.161. The summed E-state index contributed by atoms with van der Waals surface area (Å²) in [6, 6.07) is 5.30. The molecule has 1 atom stereocenters. The van der Waals surface area contributed by atoms with Crippen LogP contribution in [0.3, 0.4) is 0 Å². The number of ether oxygens (including phenoxy) is 1. The predicted molar refractivity (Wildman–Crippen MR) is 71.8 cm³/mol. The van der Waals surface area contributed by atoms with Crippen molar-refractivity contribution < 1.29 is 23.8 Å². The second kappa shape index (κ2) is 6.32. The molecule has 0 aliphatic heterocycles. The summed E-state index contributed by atoms with van der Waals surface area (Å²) >= 11 is 0. The van der Waals surface area contributed by atoms with Gasteiger partial charge in [0, 0.05) is 5.56 Å². The van der Waals surface area contributed by atoms with Gasteiger partial charge in [-0.25, -0.2) is 4.39 Å². The lowest BCUT2D eigenvalue weighted by atomic mass is 9.75. The van der Waals surface area contributed by atoms with E-state index in [-0.39, 0.29) is 18.6 Å². The van der Waals surface area contributed by atoms with E-state index in [0.29, 0.717) is 5.57 Å². The molecule has 1 N–H and O–H groups in total. The van der Waals surface area contributed by atoms with Crippen LogP contribution in [0.15, 0.2) is 36.4 Å². The minimum Gasteiger partial charge on any atom is -0.480 e. The average molecular weight is 280 g/mol. The van der Waals surface area contributed by atoms with Crippen LogP contribution in [0.2, 0.25) is 0 Å². The predicted octanol–water partition coefficient (Wildman–Crippen LogP) is 2.68. The number of hydrogen-bond donors (Lipinski definition) is 1. The number of esters is 1. The molecule has 0 aliphatic carbocycles. The summed E-state index contributed by atoms with van der Waals surface area (Å²) in [5.74, 6) is -3.20. The number of halogens is 1. The quantitative estimate of drug-likeness (QED) is 0.494. The van der Waals surface area contributed by atoms with Gasteiger partial charge in [-0.3, -0.25) is 9.59 Å². The maximum absolute atomic E-state index is 14.0. The summed E-state index contributed by atoms with van der Waals surface area (Å²) in [4.78, 5) is 23.9. The molecule has 1 aromatic rings. The van der Waals surface area contributed by atoms with Crippen LogP contribution in [-0.2, 0) is 19.7 Å². The molecule has 0 saturated heterocycles. The second-order valence-electron chi connectivity index (χ2n) is 4.54. The third-order valence-corrected chi connectivity index (χ3v) is 2.89. The molecule has 5 heteroatoms. The van der Waals surface area contributed by atoms with Crippen molar-refractivity contribution in [3.63, 3.8) is 0 Å². The van der Waals surface area contributed by atoms with Crippen LogP contribution < -0.4 is 0 Å². The Hall–Kier alpha value is -2.17. The van der Waals surface area contributed by atoms with Gasteiger partial charge in [-0.2, -0.15) is 0 Å². The Morgan fingerprint density at radius 3 is 2.45 bits per heavy atom. The number of carbonyl (C=O) groups is 2. The molecule has 0 amide bonds. The average Bonchev–Trinajstić information content (AvgIpc) is 2.36. The summed E-state index contributed by atoms with van der Waals surface area (Å²) in [5, 5.41) is 9.54. The Morgan fingerprint density at radius 2 is 2.00 bits per heavy atom. The number of carboxylic acid groups (broad SMARTS) is 1. The van der Waals surface area contributed by atoms with Crippen molar-refractivity contribution in [1.29, 1.82) is 0 Å². The van der Waals surface area contributed by atoms with Crippen LogP contribution in [0.1, 0.15) is 25.8 Å². The molecule has 0 radical (unpaired) electrons. The topological polar surface area (TPSA) is 63.6 Å². The van der Waals surface area contributed by atoms with Crippen molar-refractivity contribution in [1.82, 2.24) is 0 Å². The van der Waals surface area contributed by atoms with Crippen molar-refractivity contribution in [2.75, 3.05) is 6.61 Å². The molecule has 108 valence electrons. The Kier molecular flexibility index (Phi) is 5.02. The Balaban J connectivity index is 3.53. The molecule has 0 fully saturated rings. The summed E-state index contributed by atoms with van der Waals surface area (Å²) < 4.78 is 18.8. The van der Waals surface area contributed by atoms with Gasteiger partial charge < -0.3 is 9.84 Å². The van der Waals surface area contributed by atoms with Crippen molar-refractivity contribution in [2.24, 2.45) is 0 Å². The van der Waals surface area contributed by atoms with E-state index in [4.69, 9.17) is 4.74 Å². The molecule has 0 bridgehead atoms. The van der Waals surface area contributed by atoms with Crippen molar-refractivity contribution in [2.45, 2.75) is 25.7 Å². The molecule has 4 nitrogen and oxygen atoms in total. The molecular formula is C15H17FO4. The molecule has 0 saturated carbocycles. The van der Waals surface area contributed by atoms with Gasteiger partial charge in [0.2, 0.25) is 0 Å². The largest absolute Gasteiger partial charge is 0.480 e. The number of benzene rings is 1. The van der Waals surface area contributed by atoms with E-state index in [0.717, 1.165) is 6.07 Å². The molecule has 1 aromatic carbocycles. The number of rotatable bonds is 6. The van der Waals surface area contributed by atoms with E-state index in [1.54, 1.807) is 13.8 Å². The SMILES string of the molecule is C=C(C)CC(C(=O)O)(C(=O)OCC)c1ccccc1F. The summed E-state index contributed by atoms with van der Waals surface area (Å²) in [6.07, 6.45) is -0.220. The van der Waals surface area contributed by atoms with Crippen LogP contribution in [0, 0.1) is 5.82 Å². The zero-order chi connectivity index (χ0) is 15.3. The van der Waals surface area contributed by atoms with E-state index in [9.17, 15) is 19.1 Å². The van der Waals surface area contributed by atoms with Gasteiger partial charge in [-0.05, 0) is 26.3 Å². The molecule has 0 heterocycles. The smallest absolute Gasteiger partial charge is 0.328 e. The minimum atomic E-state index is -2.10. The van der Waals surface area contributed by atoms with E-state index in [2.05, 4.69) is 6.58 Å². The fourth-order valence-electron chi connectivity index (χ4n) is 2.07. The molecule has 20 heavy (non-hydrogen) atoms.